The third kappa shape index (κ3) is 4.48. The van der Waals surface area contributed by atoms with Gasteiger partial charge in [0.25, 0.3) is 0 Å². The number of hydrogen-bond donors (Lipinski definition) is 3. The lowest BCUT2D eigenvalue weighted by molar-refractivity contribution is 0.0764. The zero-order valence-electron chi connectivity index (χ0n) is 12.5. The first kappa shape index (κ1) is 16.8. The molecule has 0 saturated heterocycles. The van der Waals surface area contributed by atoms with Crippen LogP contribution in [0.4, 0.5) is 5.82 Å². The quantitative estimate of drug-likeness (QED) is 0.617. The normalized spacial score (nSPS) is 13.5. The highest BCUT2D eigenvalue weighted by atomic mass is 31.2. The van der Waals surface area contributed by atoms with Gasteiger partial charge in [-0.3, -0.25) is 4.57 Å². The number of hydrogen-bond acceptors (Lipinski definition) is 6. The smallest absolute Gasteiger partial charge is 0.350 e. The van der Waals surface area contributed by atoms with Crippen molar-refractivity contribution >= 4 is 24.6 Å². The number of nitrogens with one attached hydrogen (secondary N) is 1. The average Bonchev–Trinajstić information content (AvgIpc) is 2.86. The fourth-order valence-electron chi connectivity index (χ4n) is 1.94. The van der Waals surface area contributed by atoms with Crippen molar-refractivity contribution < 1.29 is 19.1 Å². The number of fused-ring (bicyclic) bond motifs is 1. The minimum atomic E-state index is -4.16. The van der Waals surface area contributed by atoms with E-state index in [2.05, 4.69) is 27.2 Å². The maximum atomic E-state index is 10.8. The molecule has 1 atom stereocenters. The Balaban J connectivity index is 2.10. The first-order valence-corrected chi connectivity index (χ1v) is 8.76. The zero-order valence-corrected chi connectivity index (χ0v) is 13.4. The second-order valence-electron chi connectivity index (χ2n) is 4.99. The van der Waals surface area contributed by atoms with E-state index in [0.29, 0.717) is 23.5 Å². The van der Waals surface area contributed by atoms with Gasteiger partial charge >= 0.3 is 7.60 Å². The Morgan fingerprint density at radius 3 is 2.86 bits per heavy atom. The Hall–Kier alpha value is -1.54. The maximum absolute atomic E-state index is 10.8. The van der Waals surface area contributed by atoms with Gasteiger partial charge < -0.3 is 24.4 Å². The highest BCUT2D eigenvalue weighted by molar-refractivity contribution is 7.51. The Bertz CT molecular complexity index is 671. The molecule has 22 heavy (non-hydrogen) atoms. The number of imidazole rings is 1. The van der Waals surface area contributed by atoms with Crippen LogP contribution in [0.1, 0.15) is 20.3 Å². The predicted octanol–water partition coefficient (Wildman–Crippen LogP) is 1.19. The van der Waals surface area contributed by atoms with Crippen LogP contribution in [-0.2, 0) is 15.8 Å². The van der Waals surface area contributed by atoms with Crippen LogP contribution in [0.2, 0.25) is 0 Å². The summed E-state index contributed by atoms with van der Waals surface area (Å²) < 4.78 is 17.7. The molecule has 2 aromatic heterocycles. The van der Waals surface area contributed by atoms with Crippen molar-refractivity contribution in [2.45, 2.75) is 32.9 Å². The van der Waals surface area contributed by atoms with Crippen LogP contribution in [-0.4, -0.2) is 48.3 Å². The van der Waals surface area contributed by atoms with Gasteiger partial charge in [-0.2, -0.15) is 0 Å². The summed E-state index contributed by atoms with van der Waals surface area (Å²) in [6, 6.07) is 0. The van der Waals surface area contributed by atoms with Crippen molar-refractivity contribution in [2.75, 3.05) is 18.2 Å². The zero-order chi connectivity index (χ0) is 16.2. The molecule has 2 heterocycles. The van der Waals surface area contributed by atoms with Gasteiger partial charge in [-0.1, -0.05) is 6.92 Å². The van der Waals surface area contributed by atoms with Crippen molar-refractivity contribution in [1.29, 1.82) is 0 Å². The number of ether oxygens (including phenoxy) is 1. The molecule has 2 rings (SSSR count). The van der Waals surface area contributed by atoms with E-state index in [1.165, 1.54) is 6.33 Å². The molecule has 0 bridgehead atoms. The first-order valence-electron chi connectivity index (χ1n) is 6.96. The molecule has 9 nitrogen and oxygen atoms in total. The van der Waals surface area contributed by atoms with E-state index in [1.807, 2.05) is 0 Å². The van der Waals surface area contributed by atoms with Crippen molar-refractivity contribution in [2.24, 2.45) is 0 Å². The van der Waals surface area contributed by atoms with E-state index in [9.17, 15) is 4.57 Å². The third-order valence-corrected chi connectivity index (χ3v) is 3.41. The van der Waals surface area contributed by atoms with E-state index in [1.54, 1.807) is 17.8 Å². The van der Waals surface area contributed by atoms with E-state index < -0.39 is 13.9 Å². The molecule has 3 N–H and O–H groups in total. The van der Waals surface area contributed by atoms with E-state index >= 15 is 0 Å². The summed E-state index contributed by atoms with van der Waals surface area (Å²) in [7, 11) is -4.16. The Kier molecular flexibility index (Phi) is 5.47. The molecule has 0 aromatic carbocycles. The molecule has 10 heteroatoms. The molecule has 0 aliphatic heterocycles. The van der Waals surface area contributed by atoms with Gasteiger partial charge in [-0.15, -0.1) is 0 Å². The van der Waals surface area contributed by atoms with Crippen LogP contribution in [0.3, 0.4) is 0 Å². The highest BCUT2D eigenvalue weighted by Crippen LogP contribution is 2.34. The van der Waals surface area contributed by atoms with E-state index in [0.717, 1.165) is 13.0 Å². The standard InChI is InChI=1S/C12H20N5O4P/c1-3-4-13-11-10-12(15-6-14-11)17(7-16-10)5-9(2)21-8-22(18,19)20/h6-7,9H,3-5,8H2,1-2H3,(H,13,14,15)(H2,18,19,20)/t9-/m1/s1. The summed E-state index contributed by atoms with van der Waals surface area (Å²) in [5.74, 6) is 0.675. The minimum absolute atomic E-state index is 0.382. The fourth-order valence-corrected chi connectivity index (χ4v) is 2.39. The summed E-state index contributed by atoms with van der Waals surface area (Å²) in [4.78, 5) is 30.3. The largest absolute Gasteiger partial charge is 0.368 e. The monoisotopic (exact) mass is 329 g/mol. The molecule has 0 aliphatic carbocycles. The number of nitrogens with zero attached hydrogens (tertiary/aromatic N) is 4. The lowest BCUT2D eigenvalue weighted by Crippen LogP contribution is -2.17. The van der Waals surface area contributed by atoms with Gasteiger partial charge in [0.15, 0.2) is 11.5 Å². The number of anilines is 1. The van der Waals surface area contributed by atoms with Crippen LogP contribution < -0.4 is 5.32 Å². The van der Waals surface area contributed by atoms with Crippen LogP contribution in [0.15, 0.2) is 12.7 Å². The summed E-state index contributed by atoms with van der Waals surface area (Å²) in [6.45, 7) is 4.98. The molecule has 0 aliphatic rings. The van der Waals surface area contributed by atoms with Crippen LogP contribution in [0.25, 0.3) is 11.2 Å². The fraction of sp³-hybridized carbons (Fsp3) is 0.583. The van der Waals surface area contributed by atoms with Gasteiger partial charge in [-0.25, -0.2) is 15.0 Å². The molecule has 122 valence electrons. The molecule has 0 amide bonds. The average molecular weight is 329 g/mol. The first-order chi connectivity index (χ1) is 10.4. The molecular weight excluding hydrogens is 309 g/mol. The maximum Gasteiger partial charge on any atom is 0.350 e. The van der Waals surface area contributed by atoms with E-state index in [4.69, 9.17) is 14.5 Å². The third-order valence-electron chi connectivity index (χ3n) is 2.92. The molecule has 0 radical (unpaired) electrons. The van der Waals surface area contributed by atoms with Crippen molar-refractivity contribution in [1.82, 2.24) is 19.5 Å². The number of aromatic nitrogens is 4. The van der Waals surface area contributed by atoms with Crippen molar-refractivity contribution in [3.8, 4) is 0 Å². The van der Waals surface area contributed by atoms with E-state index in [-0.39, 0.29) is 6.10 Å². The van der Waals surface area contributed by atoms with Crippen LogP contribution in [0.5, 0.6) is 0 Å². The van der Waals surface area contributed by atoms with Gasteiger partial charge in [0.1, 0.15) is 18.2 Å². The van der Waals surface area contributed by atoms with Crippen molar-refractivity contribution in [3.63, 3.8) is 0 Å². The predicted molar refractivity (Wildman–Crippen MR) is 81.6 cm³/mol. The lowest BCUT2D eigenvalue weighted by Gasteiger charge is -2.14. The summed E-state index contributed by atoms with van der Waals surface area (Å²) in [5.41, 5.74) is 1.32. The summed E-state index contributed by atoms with van der Waals surface area (Å²) in [6.07, 6.45) is 3.07. The molecular formula is C12H20N5O4P. The second kappa shape index (κ2) is 7.15. The Labute approximate surface area is 127 Å². The Morgan fingerprint density at radius 2 is 2.18 bits per heavy atom. The topological polar surface area (TPSA) is 122 Å². The number of rotatable bonds is 8. The Morgan fingerprint density at radius 1 is 1.41 bits per heavy atom. The molecule has 0 saturated carbocycles. The van der Waals surface area contributed by atoms with Gasteiger partial charge in [0.2, 0.25) is 0 Å². The highest BCUT2D eigenvalue weighted by Gasteiger charge is 2.17. The molecule has 0 unspecified atom stereocenters. The molecule has 0 fully saturated rings. The van der Waals surface area contributed by atoms with Crippen LogP contribution in [0, 0.1) is 0 Å². The van der Waals surface area contributed by atoms with Gasteiger partial charge in [0.05, 0.1) is 19.0 Å². The summed E-state index contributed by atoms with van der Waals surface area (Å²) >= 11 is 0. The lowest BCUT2D eigenvalue weighted by atomic mass is 10.4. The van der Waals surface area contributed by atoms with Crippen molar-refractivity contribution in [3.05, 3.63) is 12.7 Å². The van der Waals surface area contributed by atoms with Crippen LogP contribution >= 0.6 is 7.60 Å². The molecule has 0 spiro atoms. The van der Waals surface area contributed by atoms with Gasteiger partial charge in [-0.05, 0) is 13.3 Å². The van der Waals surface area contributed by atoms with Gasteiger partial charge in [0, 0.05) is 6.54 Å². The second-order valence-corrected chi connectivity index (χ2v) is 6.58. The SMILES string of the molecule is CCCNc1ncnc2c1ncn2C[C@@H](C)OCP(=O)(O)O. The molecule has 2 aromatic rings. The minimum Gasteiger partial charge on any atom is -0.368 e. The summed E-state index contributed by atoms with van der Waals surface area (Å²) in [5, 5.41) is 3.19.